The molecule has 0 saturated heterocycles. The first-order valence-electron chi connectivity index (χ1n) is 0.816. The third kappa shape index (κ3) is 266. The average molecular weight is 173 g/mol. The molecule has 7 heavy (non-hydrogen) atoms. The Morgan fingerprint density at radius 3 is 0.857 bits per heavy atom. The number of rotatable bonds is 0. The summed E-state index contributed by atoms with van der Waals surface area (Å²) < 4.78 is 0. The fourth-order valence-electron chi connectivity index (χ4n) is 0. The molecule has 0 aliphatic heterocycles. The molecular formula is BGaO4Si+2. The molecule has 0 N–H and O–H groups in total. The van der Waals surface area contributed by atoms with Crippen molar-refractivity contribution in [3.05, 3.63) is 0 Å². The van der Waals surface area contributed by atoms with Gasteiger partial charge < -0.3 is 28.2 Å². The molecule has 0 unspecified atom stereocenters. The van der Waals surface area contributed by atoms with Crippen molar-refractivity contribution in [2.75, 3.05) is 0 Å². The summed E-state index contributed by atoms with van der Waals surface area (Å²) in [5.74, 6) is 0. The third-order valence-corrected chi connectivity index (χ3v) is 0. The Morgan fingerprint density at radius 2 is 0.857 bits per heavy atom. The molecule has 0 aromatic rings. The number of hydrogen-bond acceptors (Lipinski definition) is 4. The smallest absolute Gasteiger partial charge is 0.894 e. The standard InChI is InChI=1S/B.Ga.O4Si/c;;1-5(2,3)4/q2*+3;-4. The molecule has 0 aliphatic carbocycles. The van der Waals surface area contributed by atoms with E-state index in [9.17, 15) is 0 Å². The summed E-state index contributed by atoms with van der Waals surface area (Å²) in [7, 11) is -5.61. The Kier molecular flexibility index (Phi) is 11.0. The summed E-state index contributed by atoms with van der Waals surface area (Å²) >= 11 is 0. The molecule has 7 heteroatoms. The van der Waals surface area contributed by atoms with Crippen LogP contribution in [0.4, 0.5) is 0 Å². The molecule has 0 aliphatic rings. The van der Waals surface area contributed by atoms with Crippen LogP contribution in [-0.4, -0.2) is 37.3 Å². The summed E-state index contributed by atoms with van der Waals surface area (Å²) in [4.78, 5) is 34.3. The summed E-state index contributed by atoms with van der Waals surface area (Å²) in [5.41, 5.74) is 0. The van der Waals surface area contributed by atoms with Gasteiger partial charge in [0.1, 0.15) is 0 Å². The minimum atomic E-state index is -5.61. The normalized spacial score (nSPS) is 8.57. The Balaban J connectivity index is -0.0000000800. The van der Waals surface area contributed by atoms with E-state index in [0.717, 1.165) is 0 Å². The molecule has 0 spiro atoms. The van der Waals surface area contributed by atoms with Crippen LogP contribution in [0.15, 0.2) is 0 Å². The van der Waals surface area contributed by atoms with Crippen molar-refractivity contribution in [1.82, 2.24) is 0 Å². The van der Waals surface area contributed by atoms with Gasteiger partial charge in [-0.15, -0.1) is 0 Å². The molecule has 0 rings (SSSR count). The van der Waals surface area contributed by atoms with Gasteiger partial charge in [-0.1, -0.05) is 0 Å². The maximum Gasteiger partial charge on any atom is 3.00 e. The quantitative estimate of drug-likeness (QED) is 0.340. The molecular weight excluding hydrogens is 173 g/mol. The predicted octanol–water partition coefficient (Wildman–Crippen LogP) is -5.90. The first-order chi connectivity index (χ1) is 2.00. The van der Waals surface area contributed by atoms with Crippen molar-refractivity contribution in [2.24, 2.45) is 0 Å². The van der Waals surface area contributed by atoms with E-state index in [1.54, 1.807) is 0 Å². The summed E-state index contributed by atoms with van der Waals surface area (Å²) in [6, 6.07) is 0. The van der Waals surface area contributed by atoms with Gasteiger partial charge >= 0.3 is 28.2 Å². The first kappa shape index (κ1) is 15.7. The van der Waals surface area contributed by atoms with Crippen molar-refractivity contribution in [3.8, 4) is 0 Å². The number of hydrogen-bond donors (Lipinski definition) is 0. The molecule has 32 valence electrons. The molecule has 4 nitrogen and oxygen atoms in total. The summed E-state index contributed by atoms with van der Waals surface area (Å²) in [5, 5.41) is 0. The van der Waals surface area contributed by atoms with Crippen LogP contribution in [-0.2, 0) is 0 Å². The fraction of sp³-hybridized carbons (Fsp3) is 0. The molecule has 0 saturated carbocycles. The van der Waals surface area contributed by atoms with E-state index in [1.807, 2.05) is 0 Å². The maximum absolute atomic E-state index is 8.58. The van der Waals surface area contributed by atoms with E-state index in [4.69, 9.17) is 19.2 Å². The van der Waals surface area contributed by atoms with E-state index >= 15 is 0 Å². The van der Waals surface area contributed by atoms with Crippen LogP contribution in [0.3, 0.4) is 0 Å². The van der Waals surface area contributed by atoms with Crippen molar-refractivity contribution in [2.45, 2.75) is 0 Å². The average Bonchev–Trinajstić information content (AvgIpc) is 0.722. The second-order valence-corrected chi connectivity index (χ2v) is 1.50. The Hall–Kier alpha value is 0.758. The Labute approximate surface area is 56.9 Å². The van der Waals surface area contributed by atoms with Gasteiger partial charge in [-0.2, -0.15) is 0 Å². The van der Waals surface area contributed by atoms with Crippen LogP contribution < -0.4 is 19.2 Å². The zero-order valence-corrected chi connectivity index (χ0v) is 6.71. The minimum Gasteiger partial charge on any atom is -0.894 e. The van der Waals surface area contributed by atoms with Crippen molar-refractivity contribution < 1.29 is 19.2 Å². The monoisotopic (exact) mass is 172 g/mol. The molecule has 0 atom stereocenters. The first-order valence-corrected chi connectivity index (χ1v) is 2.45. The summed E-state index contributed by atoms with van der Waals surface area (Å²) in [6.07, 6.45) is 0. The molecule has 0 bridgehead atoms. The second kappa shape index (κ2) is 4.91. The second-order valence-electron chi connectivity index (χ2n) is 0.500. The van der Waals surface area contributed by atoms with E-state index in [0.29, 0.717) is 0 Å². The van der Waals surface area contributed by atoms with Crippen LogP contribution in [0, 0.1) is 0 Å². The van der Waals surface area contributed by atoms with Gasteiger partial charge in [0.2, 0.25) is 0 Å². The van der Waals surface area contributed by atoms with E-state index in [-0.39, 0.29) is 28.2 Å². The largest absolute Gasteiger partial charge is 3.00 e. The topological polar surface area (TPSA) is 92.2 Å². The van der Waals surface area contributed by atoms with Gasteiger partial charge in [-0.05, 0) is 0 Å². The minimum absolute atomic E-state index is 0. The van der Waals surface area contributed by atoms with Crippen LogP contribution in [0.1, 0.15) is 0 Å². The van der Waals surface area contributed by atoms with Gasteiger partial charge in [0, 0.05) is 0 Å². The van der Waals surface area contributed by atoms with Crippen molar-refractivity contribution >= 4 is 37.3 Å². The molecule has 0 amide bonds. The van der Waals surface area contributed by atoms with Crippen LogP contribution in [0.25, 0.3) is 0 Å². The van der Waals surface area contributed by atoms with Crippen LogP contribution in [0.2, 0.25) is 0 Å². The fourth-order valence-corrected chi connectivity index (χ4v) is 0. The van der Waals surface area contributed by atoms with Crippen molar-refractivity contribution in [1.29, 1.82) is 0 Å². The van der Waals surface area contributed by atoms with E-state index in [1.165, 1.54) is 0 Å². The van der Waals surface area contributed by atoms with Gasteiger partial charge in [0.25, 0.3) is 0 Å². The van der Waals surface area contributed by atoms with Crippen molar-refractivity contribution in [3.63, 3.8) is 0 Å². The van der Waals surface area contributed by atoms with Gasteiger partial charge in [0.05, 0.1) is 0 Å². The molecule has 0 aromatic carbocycles. The SMILES string of the molecule is [B+3].[Ga+3].[O-][Si]([O-])([O-])[O-]. The zero-order chi connectivity index (χ0) is 4.50. The molecule has 0 heterocycles. The third-order valence-electron chi connectivity index (χ3n) is 0. The predicted molar refractivity (Wildman–Crippen MR) is 17.3 cm³/mol. The van der Waals surface area contributed by atoms with E-state index in [2.05, 4.69) is 0 Å². The van der Waals surface area contributed by atoms with Gasteiger partial charge in [0.15, 0.2) is 0 Å². The molecule has 0 fully saturated rings. The zero-order valence-electron chi connectivity index (χ0n) is 3.29. The van der Waals surface area contributed by atoms with Crippen LogP contribution in [0.5, 0.6) is 0 Å². The summed E-state index contributed by atoms with van der Waals surface area (Å²) in [6.45, 7) is 0. The maximum atomic E-state index is 8.58. The molecule has 0 aromatic heterocycles. The molecule has 0 radical (unpaired) electrons. The Morgan fingerprint density at radius 1 is 0.857 bits per heavy atom. The van der Waals surface area contributed by atoms with E-state index < -0.39 is 9.05 Å². The van der Waals surface area contributed by atoms with Gasteiger partial charge in [-0.3, -0.25) is 0 Å². The van der Waals surface area contributed by atoms with Crippen LogP contribution >= 0.6 is 0 Å². The van der Waals surface area contributed by atoms with Gasteiger partial charge in [-0.25, -0.2) is 0 Å². The Bertz CT molecular complexity index is 27.2.